The quantitative estimate of drug-likeness (QED) is 0.434. The van der Waals surface area contributed by atoms with Gasteiger partial charge < -0.3 is 0 Å². The summed E-state index contributed by atoms with van der Waals surface area (Å²) < 4.78 is 54.3. The van der Waals surface area contributed by atoms with Gasteiger partial charge in [-0.05, 0) is 85.9 Å². The van der Waals surface area contributed by atoms with Gasteiger partial charge in [0.15, 0.2) is 0 Å². The van der Waals surface area contributed by atoms with Crippen LogP contribution in [-0.2, 0) is 0 Å². The summed E-state index contributed by atoms with van der Waals surface area (Å²) in [4.78, 5) is 0. The maximum Gasteiger partial charge on any atom is 0.390 e. The summed E-state index contributed by atoms with van der Waals surface area (Å²) in [5, 5.41) is -3.90. The lowest BCUT2D eigenvalue weighted by molar-refractivity contribution is -0.205. The predicted octanol–water partition coefficient (Wildman–Crippen LogP) is 5.31. The van der Waals surface area contributed by atoms with Crippen LogP contribution in [0.5, 0.6) is 0 Å². The first kappa shape index (κ1) is 23.1. The lowest BCUT2D eigenvalue weighted by atomic mass is 9.25. The molecule has 0 aromatic heterocycles. The highest BCUT2D eigenvalue weighted by Gasteiger charge is 2.65. The van der Waals surface area contributed by atoms with Crippen LogP contribution >= 0.6 is 0 Å². The fraction of sp³-hybridized carbons (Fsp3) is 1.00. The van der Waals surface area contributed by atoms with E-state index in [0.717, 1.165) is 38.5 Å². The molecule has 0 saturated heterocycles. The molecule has 0 heterocycles. The normalized spacial score (nSPS) is 47.2. The Balaban J connectivity index is 1.60. The molecule has 4 aliphatic rings. The second-order valence-electron chi connectivity index (χ2n) is 11.2. The Morgan fingerprint density at radius 2 is 1.53 bits per heavy atom. The van der Waals surface area contributed by atoms with Crippen molar-refractivity contribution >= 4 is 31.4 Å². The minimum atomic E-state index is -4.63. The third-order valence-corrected chi connectivity index (χ3v) is 9.85. The van der Waals surface area contributed by atoms with E-state index in [2.05, 4.69) is 6.92 Å². The molecular formula is C22H30B4F4. The van der Waals surface area contributed by atoms with Crippen LogP contribution in [-0.4, -0.2) is 44.2 Å². The van der Waals surface area contributed by atoms with Crippen LogP contribution in [0.1, 0.15) is 64.7 Å². The van der Waals surface area contributed by atoms with Gasteiger partial charge in [-0.1, -0.05) is 30.2 Å². The van der Waals surface area contributed by atoms with E-state index in [1.807, 2.05) is 0 Å². The van der Waals surface area contributed by atoms with Gasteiger partial charge in [-0.2, -0.15) is 13.2 Å². The Morgan fingerprint density at radius 1 is 0.867 bits per heavy atom. The van der Waals surface area contributed by atoms with Gasteiger partial charge in [-0.25, -0.2) is 0 Å². The highest BCUT2D eigenvalue weighted by atomic mass is 19.4. The molecule has 0 nitrogen and oxygen atoms in total. The smallest absolute Gasteiger partial charge is 0.251 e. The van der Waals surface area contributed by atoms with Crippen LogP contribution in [0.15, 0.2) is 0 Å². The second-order valence-corrected chi connectivity index (χ2v) is 11.2. The van der Waals surface area contributed by atoms with E-state index in [1.165, 1.54) is 0 Å². The molecule has 8 radical (unpaired) electrons. The molecule has 0 N–H and O–H groups in total. The zero-order valence-corrected chi connectivity index (χ0v) is 17.9. The van der Waals surface area contributed by atoms with Crippen LogP contribution in [0.25, 0.3) is 0 Å². The Morgan fingerprint density at radius 3 is 2.17 bits per heavy atom. The van der Waals surface area contributed by atoms with E-state index in [0.29, 0.717) is 30.6 Å². The van der Waals surface area contributed by atoms with Crippen molar-refractivity contribution in [1.82, 2.24) is 0 Å². The molecule has 4 aliphatic carbocycles. The molecule has 0 aromatic carbocycles. The molecule has 0 amide bonds. The van der Waals surface area contributed by atoms with Crippen molar-refractivity contribution < 1.29 is 17.6 Å². The van der Waals surface area contributed by atoms with E-state index in [-0.39, 0.29) is 30.3 Å². The van der Waals surface area contributed by atoms with Gasteiger partial charge in [0.25, 0.3) is 0 Å². The van der Waals surface area contributed by atoms with Crippen LogP contribution in [0.2, 0.25) is 10.4 Å². The van der Waals surface area contributed by atoms with Crippen LogP contribution in [0, 0.1) is 46.8 Å². The molecule has 158 valence electrons. The van der Waals surface area contributed by atoms with Gasteiger partial charge in [0.1, 0.15) is 0 Å². The fourth-order valence-corrected chi connectivity index (χ4v) is 8.76. The summed E-state index contributed by atoms with van der Waals surface area (Å²) in [5.74, 6) is -0.786. The molecule has 0 spiro atoms. The summed E-state index contributed by atoms with van der Waals surface area (Å²) in [5.41, 5.74) is 0.206. The Hall–Kier alpha value is -0.0203. The lowest BCUT2D eigenvalue weighted by Crippen LogP contribution is -2.59. The number of hydrogen-bond donors (Lipinski definition) is 0. The average Bonchev–Trinajstić information content (AvgIpc) is 2.93. The molecule has 0 aliphatic heterocycles. The Labute approximate surface area is 184 Å². The molecule has 3 unspecified atom stereocenters. The largest absolute Gasteiger partial charge is 0.390 e. The standard InChI is InChI=1S/C22H30B4F4/c1-19-9-8-13-14(16(19)6-4-12(19)3-2-10-27)5-7-17-15(13)11-20(23,24)18(21(17,25)26)22(28,29)30/h12-18H,2-11H2,1H3/t12?,13?,14-,15-,16?,17+,18+,19-/m1/s1. The maximum atomic E-state index is 13.8. The molecule has 30 heavy (non-hydrogen) atoms. The lowest BCUT2D eigenvalue weighted by Gasteiger charge is -2.65. The van der Waals surface area contributed by atoms with Crippen molar-refractivity contribution in [2.45, 2.75) is 81.3 Å². The number of alkyl halides is 4. The second kappa shape index (κ2) is 7.51. The molecule has 0 aromatic rings. The third kappa shape index (κ3) is 3.44. The number of fused-ring (bicyclic) bond motifs is 5. The molecule has 4 saturated carbocycles. The molecule has 4 rings (SSSR count). The molecule has 8 heteroatoms. The van der Waals surface area contributed by atoms with Crippen LogP contribution < -0.4 is 0 Å². The first-order valence-corrected chi connectivity index (χ1v) is 11.6. The number of hydrogen-bond acceptors (Lipinski definition) is 0. The van der Waals surface area contributed by atoms with Gasteiger partial charge in [0.05, 0.1) is 38.1 Å². The molecule has 8 atom stereocenters. The van der Waals surface area contributed by atoms with Gasteiger partial charge in [0, 0.05) is 5.92 Å². The zero-order valence-electron chi connectivity index (χ0n) is 17.9. The molecular weight excluding hydrogens is 383 g/mol. The van der Waals surface area contributed by atoms with E-state index in [9.17, 15) is 17.6 Å². The zero-order chi connectivity index (χ0) is 22.1. The van der Waals surface area contributed by atoms with E-state index in [4.69, 9.17) is 31.4 Å². The minimum absolute atomic E-state index is 0.0678. The van der Waals surface area contributed by atoms with Crippen molar-refractivity contribution in [3.05, 3.63) is 0 Å². The Kier molecular flexibility index (Phi) is 5.79. The van der Waals surface area contributed by atoms with Crippen molar-refractivity contribution in [2.75, 3.05) is 6.67 Å². The summed E-state index contributed by atoms with van der Waals surface area (Å²) in [6.45, 7) is 2.10. The SMILES string of the molecule is [B]C1([B])C[C@@H]2C3CC[C@]4(C)C(CCCF)CCC4[C@@H]3CC[C@@H]2C([B])([B])[C@H]1C(F)(F)F. The van der Waals surface area contributed by atoms with Gasteiger partial charge >= 0.3 is 6.18 Å². The van der Waals surface area contributed by atoms with E-state index >= 15 is 0 Å². The first-order chi connectivity index (χ1) is 13.8. The van der Waals surface area contributed by atoms with Gasteiger partial charge in [-0.15, -0.1) is 0 Å². The Bertz CT molecular complexity index is 652. The topological polar surface area (TPSA) is 0 Å². The van der Waals surface area contributed by atoms with Crippen LogP contribution in [0.4, 0.5) is 17.6 Å². The summed E-state index contributed by atoms with van der Waals surface area (Å²) in [7, 11) is 24.6. The van der Waals surface area contributed by atoms with Gasteiger partial charge in [-0.3, -0.25) is 4.39 Å². The summed E-state index contributed by atoms with van der Waals surface area (Å²) in [6, 6.07) is 0. The summed E-state index contributed by atoms with van der Waals surface area (Å²) in [6.07, 6.45) is 2.75. The predicted molar refractivity (Wildman–Crippen MR) is 115 cm³/mol. The average molecular weight is 414 g/mol. The fourth-order valence-electron chi connectivity index (χ4n) is 8.76. The van der Waals surface area contributed by atoms with Crippen molar-refractivity contribution in [3.8, 4) is 0 Å². The van der Waals surface area contributed by atoms with Crippen molar-refractivity contribution in [1.29, 1.82) is 0 Å². The highest BCUT2D eigenvalue weighted by Crippen LogP contribution is 2.71. The highest BCUT2D eigenvalue weighted by molar-refractivity contribution is 6.45. The first-order valence-electron chi connectivity index (χ1n) is 11.6. The number of rotatable bonds is 3. The third-order valence-electron chi connectivity index (χ3n) is 9.85. The van der Waals surface area contributed by atoms with Gasteiger partial charge in [0.2, 0.25) is 0 Å². The maximum absolute atomic E-state index is 13.8. The summed E-state index contributed by atoms with van der Waals surface area (Å²) >= 11 is 0. The van der Waals surface area contributed by atoms with Crippen LogP contribution in [0.3, 0.4) is 0 Å². The molecule has 0 bridgehead atoms. The van der Waals surface area contributed by atoms with E-state index in [1.54, 1.807) is 0 Å². The minimum Gasteiger partial charge on any atom is -0.251 e. The van der Waals surface area contributed by atoms with E-state index < -0.39 is 28.4 Å². The number of halogens is 4. The molecule has 4 fully saturated rings. The van der Waals surface area contributed by atoms with Crippen molar-refractivity contribution in [3.63, 3.8) is 0 Å². The van der Waals surface area contributed by atoms with Crippen molar-refractivity contribution in [2.24, 2.45) is 46.8 Å². The monoisotopic (exact) mass is 414 g/mol.